The Labute approximate surface area is 68.3 Å². The Balaban J connectivity index is 1.68. The molecule has 3 atom stereocenters. The molecule has 2 heteroatoms. The highest BCUT2D eigenvalue weighted by Crippen LogP contribution is 2.30. The van der Waals surface area contributed by atoms with E-state index in [0.29, 0.717) is 6.04 Å². The fourth-order valence-corrected chi connectivity index (χ4v) is 1.73. The number of ether oxygens (including phenoxy) is 1. The second kappa shape index (κ2) is 3.11. The molecule has 1 saturated carbocycles. The van der Waals surface area contributed by atoms with Gasteiger partial charge in [-0.15, -0.1) is 0 Å². The van der Waals surface area contributed by atoms with Crippen molar-refractivity contribution in [3.8, 4) is 0 Å². The van der Waals surface area contributed by atoms with Crippen LogP contribution in [0.3, 0.4) is 0 Å². The van der Waals surface area contributed by atoms with E-state index in [2.05, 4.69) is 12.2 Å². The van der Waals surface area contributed by atoms with Crippen molar-refractivity contribution in [3.63, 3.8) is 0 Å². The summed E-state index contributed by atoms with van der Waals surface area (Å²) in [5, 5.41) is 3.62. The third-order valence-electron chi connectivity index (χ3n) is 2.72. The summed E-state index contributed by atoms with van der Waals surface area (Å²) < 4.78 is 5.38. The molecule has 2 rings (SSSR count). The number of rotatable bonds is 2. The molecule has 2 aliphatic rings. The Morgan fingerprint density at radius 3 is 2.82 bits per heavy atom. The molecule has 1 heterocycles. The third kappa shape index (κ3) is 1.94. The van der Waals surface area contributed by atoms with Crippen molar-refractivity contribution in [3.05, 3.63) is 0 Å². The topological polar surface area (TPSA) is 21.3 Å². The van der Waals surface area contributed by atoms with Crippen LogP contribution in [-0.2, 0) is 4.74 Å². The zero-order chi connectivity index (χ0) is 7.68. The first-order valence-electron chi connectivity index (χ1n) is 4.70. The molecule has 0 radical (unpaired) electrons. The van der Waals surface area contributed by atoms with E-state index in [0.717, 1.165) is 25.2 Å². The van der Waals surface area contributed by atoms with Gasteiger partial charge in [0.2, 0.25) is 0 Å². The molecule has 0 amide bonds. The van der Waals surface area contributed by atoms with Crippen molar-refractivity contribution in [2.45, 2.75) is 38.3 Å². The van der Waals surface area contributed by atoms with Gasteiger partial charge in [-0.25, -0.2) is 0 Å². The van der Waals surface area contributed by atoms with Crippen LogP contribution in [0.4, 0.5) is 0 Å². The lowest BCUT2D eigenvalue weighted by atomic mass is 10.1. The van der Waals surface area contributed by atoms with E-state index in [-0.39, 0.29) is 0 Å². The molecule has 1 aliphatic heterocycles. The van der Waals surface area contributed by atoms with E-state index >= 15 is 0 Å². The normalized spacial score (nSPS) is 43.9. The summed E-state index contributed by atoms with van der Waals surface area (Å²) in [4.78, 5) is 0. The average Bonchev–Trinajstić information content (AvgIpc) is 2.69. The molecule has 0 aromatic heterocycles. The van der Waals surface area contributed by atoms with Gasteiger partial charge in [-0.05, 0) is 25.2 Å². The van der Waals surface area contributed by atoms with E-state index in [1.807, 2.05) is 0 Å². The van der Waals surface area contributed by atoms with E-state index < -0.39 is 0 Å². The lowest BCUT2D eigenvalue weighted by molar-refractivity contribution is 0.0695. The summed E-state index contributed by atoms with van der Waals surface area (Å²) >= 11 is 0. The zero-order valence-electron chi connectivity index (χ0n) is 7.18. The minimum atomic E-state index is 0.652. The molecule has 2 fully saturated rings. The second-order valence-electron chi connectivity index (χ2n) is 3.90. The Bertz CT molecular complexity index is 132. The molecular formula is C9H17NO. The smallest absolute Gasteiger partial charge is 0.0619 e. The van der Waals surface area contributed by atoms with Crippen molar-refractivity contribution >= 4 is 0 Å². The Morgan fingerprint density at radius 2 is 2.27 bits per heavy atom. The quantitative estimate of drug-likeness (QED) is 0.646. The molecule has 0 aromatic carbocycles. The summed E-state index contributed by atoms with van der Waals surface area (Å²) in [6.07, 6.45) is 3.92. The molecule has 1 N–H and O–H groups in total. The van der Waals surface area contributed by atoms with Crippen LogP contribution in [0.2, 0.25) is 0 Å². The molecule has 0 bridgehead atoms. The van der Waals surface area contributed by atoms with Crippen molar-refractivity contribution in [1.29, 1.82) is 0 Å². The second-order valence-corrected chi connectivity index (χ2v) is 3.90. The van der Waals surface area contributed by atoms with Gasteiger partial charge in [0.05, 0.1) is 6.61 Å². The number of nitrogens with one attached hydrogen (secondary N) is 1. The minimum Gasteiger partial charge on any atom is -0.380 e. The van der Waals surface area contributed by atoms with Crippen molar-refractivity contribution in [2.75, 3.05) is 13.2 Å². The van der Waals surface area contributed by atoms with Gasteiger partial charge in [0.25, 0.3) is 0 Å². The maximum Gasteiger partial charge on any atom is 0.0619 e. The SMILES string of the molecule is CC1CC1NC1CCCOC1. The van der Waals surface area contributed by atoms with Gasteiger partial charge in [0.1, 0.15) is 0 Å². The van der Waals surface area contributed by atoms with Gasteiger partial charge in [-0.2, -0.15) is 0 Å². The Morgan fingerprint density at radius 1 is 1.45 bits per heavy atom. The molecule has 2 nitrogen and oxygen atoms in total. The molecule has 64 valence electrons. The van der Waals surface area contributed by atoms with Gasteiger partial charge < -0.3 is 10.1 Å². The summed E-state index contributed by atoms with van der Waals surface area (Å²) in [5.74, 6) is 0.914. The van der Waals surface area contributed by atoms with Gasteiger partial charge in [0, 0.05) is 18.7 Å². The van der Waals surface area contributed by atoms with Crippen LogP contribution >= 0.6 is 0 Å². The van der Waals surface area contributed by atoms with Crippen LogP contribution in [0, 0.1) is 5.92 Å². The number of hydrogen-bond acceptors (Lipinski definition) is 2. The third-order valence-corrected chi connectivity index (χ3v) is 2.72. The monoisotopic (exact) mass is 155 g/mol. The summed E-state index contributed by atoms with van der Waals surface area (Å²) in [7, 11) is 0. The lowest BCUT2D eigenvalue weighted by Crippen LogP contribution is -2.38. The van der Waals surface area contributed by atoms with Crippen LogP contribution in [0.15, 0.2) is 0 Å². The van der Waals surface area contributed by atoms with Crippen LogP contribution in [0.25, 0.3) is 0 Å². The highest BCUT2D eigenvalue weighted by Gasteiger charge is 2.34. The maximum absolute atomic E-state index is 5.38. The van der Waals surface area contributed by atoms with E-state index in [9.17, 15) is 0 Å². The van der Waals surface area contributed by atoms with Crippen molar-refractivity contribution in [2.24, 2.45) is 5.92 Å². The van der Waals surface area contributed by atoms with E-state index in [1.54, 1.807) is 0 Å². The summed E-state index contributed by atoms with van der Waals surface area (Å²) in [5.41, 5.74) is 0. The van der Waals surface area contributed by atoms with E-state index in [1.165, 1.54) is 19.3 Å². The van der Waals surface area contributed by atoms with Crippen LogP contribution in [0.5, 0.6) is 0 Å². The van der Waals surface area contributed by atoms with Crippen LogP contribution < -0.4 is 5.32 Å². The summed E-state index contributed by atoms with van der Waals surface area (Å²) in [6, 6.07) is 1.46. The highest BCUT2D eigenvalue weighted by atomic mass is 16.5. The molecular weight excluding hydrogens is 138 g/mol. The minimum absolute atomic E-state index is 0.652. The van der Waals surface area contributed by atoms with Crippen molar-refractivity contribution < 1.29 is 4.74 Å². The van der Waals surface area contributed by atoms with Crippen LogP contribution in [0.1, 0.15) is 26.2 Å². The standard InChI is InChI=1S/C9H17NO/c1-7-5-9(7)10-8-3-2-4-11-6-8/h7-10H,2-6H2,1H3. The van der Waals surface area contributed by atoms with Gasteiger partial charge in [-0.3, -0.25) is 0 Å². The number of hydrogen-bond donors (Lipinski definition) is 1. The lowest BCUT2D eigenvalue weighted by Gasteiger charge is -2.23. The Kier molecular flexibility index (Phi) is 2.14. The predicted octanol–water partition coefficient (Wildman–Crippen LogP) is 1.16. The fourth-order valence-electron chi connectivity index (χ4n) is 1.73. The van der Waals surface area contributed by atoms with Gasteiger partial charge >= 0.3 is 0 Å². The van der Waals surface area contributed by atoms with Crippen LogP contribution in [-0.4, -0.2) is 25.3 Å². The van der Waals surface area contributed by atoms with Crippen molar-refractivity contribution in [1.82, 2.24) is 5.32 Å². The highest BCUT2D eigenvalue weighted by molar-refractivity contribution is 4.92. The molecule has 0 aromatic rings. The average molecular weight is 155 g/mol. The first-order chi connectivity index (χ1) is 5.36. The predicted molar refractivity (Wildman–Crippen MR) is 44.5 cm³/mol. The summed E-state index contributed by atoms with van der Waals surface area (Å²) in [6.45, 7) is 4.21. The molecule has 3 unspecified atom stereocenters. The Hall–Kier alpha value is -0.0800. The largest absolute Gasteiger partial charge is 0.380 e. The first kappa shape index (κ1) is 7.56. The fraction of sp³-hybridized carbons (Fsp3) is 1.00. The van der Waals surface area contributed by atoms with E-state index in [4.69, 9.17) is 4.74 Å². The molecule has 1 aliphatic carbocycles. The maximum atomic E-state index is 5.38. The van der Waals surface area contributed by atoms with Gasteiger partial charge in [-0.1, -0.05) is 6.92 Å². The zero-order valence-corrected chi connectivity index (χ0v) is 7.18. The van der Waals surface area contributed by atoms with Gasteiger partial charge in [0.15, 0.2) is 0 Å². The molecule has 1 saturated heterocycles. The molecule has 0 spiro atoms. The first-order valence-corrected chi connectivity index (χ1v) is 4.70. The molecule has 11 heavy (non-hydrogen) atoms.